The van der Waals surface area contributed by atoms with E-state index < -0.39 is 0 Å². The third-order valence-corrected chi connectivity index (χ3v) is 10.0. The molecule has 0 amide bonds. The summed E-state index contributed by atoms with van der Waals surface area (Å²) >= 11 is 0. The van der Waals surface area contributed by atoms with Crippen molar-refractivity contribution in [3.63, 3.8) is 0 Å². The van der Waals surface area contributed by atoms with Crippen LogP contribution in [0.25, 0.3) is 0 Å². The minimum Gasteiger partial charge on any atom is -0.320 e. The van der Waals surface area contributed by atoms with Crippen LogP contribution in [0.5, 0.6) is 0 Å². The molecule has 0 fully saturated rings. The maximum Gasteiger partial charge on any atom is -0.00519 e. The minimum atomic E-state index is 1.19. The predicted octanol–water partition coefficient (Wildman–Crippen LogP) is 15.4. The van der Waals surface area contributed by atoms with Crippen LogP contribution in [0.3, 0.4) is 0 Å². The van der Waals surface area contributed by atoms with Gasteiger partial charge in [-0.25, -0.2) is 0 Å². The third kappa shape index (κ3) is 42.0. The van der Waals surface area contributed by atoms with E-state index in [1.807, 2.05) is 0 Å². The van der Waals surface area contributed by atoms with Crippen LogP contribution in [0.2, 0.25) is 0 Å². The minimum absolute atomic E-state index is 1.19. The lowest BCUT2D eigenvalue weighted by atomic mass is 10.0. The van der Waals surface area contributed by atoms with Gasteiger partial charge in [-0.1, -0.05) is 251 Å². The molecule has 0 saturated carbocycles. The Morgan fingerprint density at radius 1 is 0.209 bits per heavy atom. The second-order valence-corrected chi connectivity index (χ2v) is 14.5. The second-order valence-electron chi connectivity index (χ2n) is 14.5. The first-order valence-electron chi connectivity index (χ1n) is 21.1. The highest BCUT2D eigenvalue weighted by molar-refractivity contribution is 4.53. The second kappa shape index (κ2) is 42.0. The van der Waals surface area contributed by atoms with Crippen LogP contribution in [0.4, 0.5) is 0 Å². The molecule has 1 nitrogen and oxygen atoms in total. The maximum absolute atomic E-state index is 3.25. The molecule has 0 aliphatic carbocycles. The van der Waals surface area contributed by atoms with Gasteiger partial charge >= 0.3 is 0 Å². The molecule has 0 heterocycles. The lowest BCUT2D eigenvalue weighted by Gasteiger charge is -2.05. The largest absolute Gasteiger partial charge is 0.320 e. The van der Waals surface area contributed by atoms with Gasteiger partial charge in [0.2, 0.25) is 0 Å². The molecule has 43 heavy (non-hydrogen) atoms. The lowest BCUT2D eigenvalue weighted by Crippen LogP contribution is -2.06. The summed E-state index contributed by atoms with van der Waals surface area (Å²) < 4.78 is 0. The van der Waals surface area contributed by atoms with Crippen LogP contribution in [0.1, 0.15) is 257 Å². The molecule has 1 N–H and O–H groups in total. The van der Waals surface area contributed by atoms with Gasteiger partial charge in [0.25, 0.3) is 0 Å². The van der Waals surface area contributed by atoms with E-state index in [2.05, 4.69) is 19.3 Å². The molecule has 1 heteroatoms. The zero-order valence-corrected chi connectivity index (χ0v) is 30.8. The average molecular weight is 606 g/mol. The monoisotopic (exact) mass is 606 g/mol. The molecule has 0 spiro atoms. The molecule has 0 rings (SSSR count). The van der Waals surface area contributed by atoms with E-state index >= 15 is 0 Å². The van der Waals surface area contributed by atoms with Crippen molar-refractivity contribution in [2.75, 3.05) is 13.6 Å². The number of hydrogen-bond acceptors (Lipinski definition) is 1. The van der Waals surface area contributed by atoms with Crippen molar-refractivity contribution in [1.29, 1.82) is 0 Å². The van der Waals surface area contributed by atoms with E-state index in [0.29, 0.717) is 0 Å². The fourth-order valence-electron chi connectivity index (χ4n) is 6.92. The summed E-state index contributed by atoms with van der Waals surface area (Å²) in [5, 5.41) is 3.25. The number of nitrogens with one attached hydrogen (secondary N) is 1. The van der Waals surface area contributed by atoms with Crippen molar-refractivity contribution in [3.8, 4) is 0 Å². The Hall–Kier alpha value is -0.0400. The van der Waals surface area contributed by atoms with Crippen molar-refractivity contribution < 1.29 is 0 Å². The predicted molar refractivity (Wildman–Crippen MR) is 200 cm³/mol. The van der Waals surface area contributed by atoms with Crippen molar-refractivity contribution >= 4 is 0 Å². The Balaban J connectivity index is 3.02. The van der Waals surface area contributed by atoms with Gasteiger partial charge < -0.3 is 5.32 Å². The van der Waals surface area contributed by atoms with Gasteiger partial charge in [0.05, 0.1) is 0 Å². The number of rotatable bonds is 40. The van der Waals surface area contributed by atoms with E-state index in [0.717, 1.165) is 0 Å². The summed E-state index contributed by atoms with van der Waals surface area (Å²) in [6.07, 6.45) is 57.7. The lowest BCUT2D eigenvalue weighted by molar-refractivity contribution is 0.509. The highest BCUT2D eigenvalue weighted by Gasteiger charge is 1.98. The molecule has 0 aromatic heterocycles. The van der Waals surface area contributed by atoms with Gasteiger partial charge in [-0.2, -0.15) is 0 Å². The summed E-state index contributed by atoms with van der Waals surface area (Å²) in [6.45, 7) is 3.50. The smallest absolute Gasteiger partial charge is 0.00519 e. The standard InChI is InChI=1S/C42H87N/c1-3-4-5-6-7-8-9-10-11-12-13-14-15-16-17-18-19-20-21-22-23-24-25-26-27-28-29-30-31-32-33-34-35-36-37-38-39-40-41-42-43-2/h43H,3-42H2,1-2H3. The molecule has 0 aromatic rings. The maximum atomic E-state index is 3.25. The van der Waals surface area contributed by atoms with Crippen LogP contribution in [0.15, 0.2) is 0 Å². The molecule has 0 radical (unpaired) electrons. The quantitative estimate of drug-likeness (QED) is 0.0685. The Morgan fingerprint density at radius 2 is 0.349 bits per heavy atom. The first kappa shape index (κ1) is 43.0. The molecule has 0 saturated heterocycles. The van der Waals surface area contributed by atoms with Gasteiger partial charge in [-0.15, -0.1) is 0 Å². The van der Waals surface area contributed by atoms with Gasteiger partial charge in [-0.3, -0.25) is 0 Å². The van der Waals surface area contributed by atoms with Gasteiger partial charge in [0, 0.05) is 0 Å². The van der Waals surface area contributed by atoms with E-state index in [9.17, 15) is 0 Å². The SMILES string of the molecule is CCCCCCCCCCCCCCCCCCCCCCCCCCCCCCCCCCCCCCCCCNC. The zero-order chi connectivity index (χ0) is 31.0. The zero-order valence-electron chi connectivity index (χ0n) is 30.8. The van der Waals surface area contributed by atoms with Crippen LogP contribution in [-0.4, -0.2) is 13.6 Å². The molecule has 0 aliphatic heterocycles. The molecule has 0 atom stereocenters. The van der Waals surface area contributed by atoms with Crippen LogP contribution < -0.4 is 5.32 Å². The first-order chi connectivity index (χ1) is 21.4. The van der Waals surface area contributed by atoms with Gasteiger partial charge in [0.15, 0.2) is 0 Å². The highest BCUT2D eigenvalue weighted by Crippen LogP contribution is 2.17. The highest BCUT2D eigenvalue weighted by atomic mass is 14.8. The molecule has 260 valence electrons. The van der Waals surface area contributed by atoms with Crippen LogP contribution >= 0.6 is 0 Å². The fourth-order valence-corrected chi connectivity index (χ4v) is 6.92. The summed E-state index contributed by atoms with van der Waals surface area (Å²) in [5.74, 6) is 0. The third-order valence-electron chi connectivity index (χ3n) is 10.0. The van der Waals surface area contributed by atoms with Crippen LogP contribution in [-0.2, 0) is 0 Å². The van der Waals surface area contributed by atoms with E-state index in [1.165, 1.54) is 257 Å². The van der Waals surface area contributed by atoms with E-state index in [4.69, 9.17) is 0 Å². The normalized spacial score (nSPS) is 11.6. The van der Waals surface area contributed by atoms with E-state index in [-0.39, 0.29) is 0 Å². The molecule has 0 aromatic carbocycles. The Bertz CT molecular complexity index is 406. The molecule has 0 bridgehead atoms. The summed E-state index contributed by atoms with van der Waals surface area (Å²) in [6, 6.07) is 0. The van der Waals surface area contributed by atoms with Crippen molar-refractivity contribution in [1.82, 2.24) is 5.32 Å². The Labute approximate surface area is 275 Å². The average Bonchev–Trinajstić information content (AvgIpc) is 3.02. The first-order valence-corrected chi connectivity index (χ1v) is 21.1. The van der Waals surface area contributed by atoms with Crippen LogP contribution in [0, 0.1) is 0 Å². The Kier molecular flexibility index (Phi) is 41.9. The van der Waals surface area contributed by atoms with Crippen molar-refractivity contribution in [2.24, 2.45) is 0 Å². The Morgan fingerprint density at radius 3 is 0.488 bits per heavy atom. The summed E-state index contributed by atoms with van der Waals surface area (Å²) in [5.41, 5.74) is 0. The molecular weight excluding hydrogens is 518 g/mol. The molecule has 0 aliphatic rings. The topological polar surface area (TPSA) is 12.0 Å². The number of hydrogen-bond donors (Lipinski definition) is 1. The van der Waals surface area contributed by atoms with Gasteiger partial charge in [-0.05, 0) is 20.0 Å². The molecular formula is C42H87N. The number of unbranched alkanes of at least 4 members (excludes halogenated alkanes) is 38. The molecule has 0 unspecified atom stereocenters. The summed E-state index contributed by atoms with van der Waals surface area (Å²) in [7, 11) is 2.06. The van der Waals surface area contributed by atoms with Gasteiger partial charge in [0.1, 0.15) is 0 Å². The summed E-state index contributed by atoms with van der Waals surface area (Å²) in [4.78, 5) is 0. The fraction of sp³-hybridized carbons (Fsp3) is 1.00. The van der Waals surface area contributed by atoms with Crippen molar-refractivity contribution in [2.45, 2.75) is 257 Å². The van der Waals surface area contributed by atoms with E-state index in [1.54, 1.807) is 0 Å². The van der Waals surface area contributed by atoms with Crippen molar-refractivity contribution in [3.05, 3.63) is 0 Å².